The number of hydrogen-bond acceptors (Lipinski definition) is 6. The highest BCUT2D eigenvalue weighted by molar-refractivity contribution is 5.54. The molecule has 1 heterocycles. The number of ether oxygens (including phenoxy) is 2. The van der Waals surface area contributed by atoms with Gasteiger partial charge in [-0.1, -0.05) is 0 Å². The molecule has 0 saturated heterocycles. The molecule has 8 nitrogen and oxygen atoms in total. The molecule has 0 amide bonds. The number of rotatable bonds is 4. The van der Waals surface area contributed by atoms with E-state index in [4.69, 9.17) is 14.7 Å². The smallest absolute Gasteiger partial charge is 0.315 e. The van der Waals surface area contributed by atoms with Gasteiger partial charge in [-0.25, -0.2) is 4.68 Å². The number of nitriles is 1. The fourth-order valence-electron chi connectivity index (χ4n) is 1.84. The van der Waals surface area contributed by atoms with Crippen molar-refractivity contribution in [2.45, 2.75) is 6.92 Å². The number of methoxy groups -OCH3 is 1. The van der Waals surface area contributed by atoms with Gasteiger partial charge in [-0.15, -0.1) is 0 Å². The Hall–Kier alpha value is -3.08. The first-order valence-electron chi connectivity index (χ1n) is 5.92. The maximum absolute atomic E-state index is 11.1. The summed E-state index contributed by atoms with van der Waals surface area (Å²) in [6.45, 7) is 1.66. The van der Waals surface area contributed by atoms with E-state index in [1.807, 2.05) is 6.07 Å². The van der Waals surface area contributed by atoms with Crippen LogP contribution in [-0.4, -0.2) is 21.8 Å². The van der Waals surface area contributed by atoms with Crippen LogP contribution < -0.4 is 9.47 Å². The average Bonchev–Trinajstić information content (AvgIpc) is 2.72. The van der Waals surface area contributed by atoms with E-state index in [1.165, 1.54) is 30.0 Å². The lowest BCUT2D eigenvalue weighted by Crippen LogP contribution is -1.99. The van der Waals surface area contributed by atoms with Gasteiger partial charge in [0.1, 0.15) is 17.4 Å². The van der Waals surface area contributed by atoms with Crippen LogP contribution in [0.5, 0.6) is 17.4 Å². The second-order valence-electron chi connectivity index (χ2n) is 4.19. The molecule has 0 aliphatic carbocycles. The molecule has 21 heavy (non-hydrogen) atoms. The first-order valence-corrected chi connectivity index (χ1v) is 5.92. The van der Waals surface area contributed by atoms with Crippen LogP contribution in [0, 0.1) is 28.4 Å². The van der Waals surface area contributed by atoms with E-state index in [9.17, 15) is 10.1 Å². The number of nitro benzene ring substituents is 1. The molecule has 2 rings (SSSR count). The molecular weight excluding hydrogens is 276 g/mol. The van der Waals surface area contributed by atoms with E-state index in [0.717, 1.165) is 0 Å². The predicted octanol–water partition coefficient (Wildman–Crippen LogP) is 2.31. The minimum absolute atomic E-state index is 0.0142. The Labute approximate surface area is 120 Å². The lowest BCUT2D eigenvalue weighted by molar-refractivity contribution is -0.385. The first kappa shape index (κ1) is 14.3. The van der Waals surface area contributed by atoms with E-state index in [1.54, 1.807) is 14.0 Å². The van der Waals surface area contributed by atoms with Crippen molar-refractivity contribution < 1.29 is 14.4 Å². The van der Waals surface area contributed by atoms with Crippen molar-refractivity contribution in [2.75, 3.05) is 7.11 Å². The summed E-state index contributed by atoms with van der Waals surface area (Å²) in [4.78, 5) is 10.5. The Morgan fingerprint density at radius 1 is 1.48 bits per heavy atom. The molecule has 108 valence electrons. The zero-order valence-electron chi connectivity index (χ0n) is 11.7. The Balaban J connectivity index is 2.50. The predicted molar refractivity (Wildman–Crippen MR) is 72.4 cm³/mol. The molecule has 8 heteroatoms. The minimum Gasteiger partial charge on any atom is -0.496 e. The van der Waals surface area contributed by atoms with Gasteiger partial charge >= 0.3 is 5.69 Å². The molecule has 1 aromatic heterocycles. The summed E-state index contributed by atoms with van der Waals surface area (Å²) in [6.07, 6.45) is 0. The highest BCUT2D eigenvalue weighted by Gasteiger charge is 2.21. The van der Waals surface area contributed by atoms with Gasteiger partial charge in [0, 0.05) is 7.05 Å². The normalized spacial score (nSPS) is 10.0. The number of benzene rings is 1. The highest BCUT2D eigenvalue weighted by atomic mass is 16.6. The van der Waals surface area contributed by atoms with Crippen LogP contribution in [0.4, 0.5) is 5.69 Å². The van der Waals surface area contributed by atoms with Crippen LogP contribution in [0.1, 0.15) is 11.3 Å². The zero-order valence-corrected chi connectivity index (χ0v) is 11.7. The summed E-state index contributed by atoms with van der Waals surface area (Å²) in [5.74, 6) is 0.513. The van der Waals surface area contributed by atoms with Crippen molar-refractivity contribution >= 4 is 5.69 Å². The SMILES string of the molecule is COc1ccc(Oc2c(C#N)c(C)nn2C)c([N+](=O)[O-])c1. The summed E-state index contributed by atoms with van der Waals surface area (Å²) >= 11 is 0. The van der Waals surface area contributed by atoms with Crippen molar-refractivity contribution in [3.63, 3.8) is 0 Å². The number of aryl methyl sites for hydroxylation is 2. The molecular formula is C13H12N4O4. The van der Waals surface area contributed by atoms with Gasteiger partial charge in [-0.05, 0) is 19.1 Å². The maximum atomic E-state index is 11.1. The van der Waals surface area contributed by atoms with Crippen LogP contribution in [0.15, 0.2) is 18.2 Å². The minimum atomic E-state index is -0.576. The van der Waals surface area contributed by atoms with Crippen molar-refractivity contribution in [3.05, 3.63) is 39.6 Å². The van der Waals surface area contributed by atoms with Crippen LogP contribution in [0.3, 0.4) is 0 Å². The molecule has 0 spiro atoms. The Morgan fingerprint density at radius 3 is 2.76 bits per heavy atom. The molecule has 1 aromatic carbocycles. The molecule has 0 bridgehead atoms. The molecule has 0 aliphatic rings. The summed E-state index contributed by atoms with van der Waals surface area (Å²) in [7, 11) is 3.01. The number of hydrogen-bond donors (Lipinski definition) is 0. The molecule has 0 radical (unpaired) electrons. The van der Waals surface area contributed by atoms with Gasteiger partial charge < -0.3 is 9.47 Å². The van der Waals surface area contributed by atoms with E-state index < -0.39 is 4.92 Å². The number of aromatic nitrogens is 2. The summed E-state index contributed by atoms with van der Waals surface area (Å²) in [6, 6.07) is 6.18. The quantitative estimate of drug-likeness (QED) is 0.631. The highest BCUT2D eigenvalue weighted by Crippen LogP contribution is 2.35. The largest absolute Gasteiger partial charge is 0.496 e. The molecule has 0 fully saturated rings. The van der Waals surface area contributed by atoms with Gasteiger partial charge in [0.05, 0.1) is 23.8 Å². The standard InChI is InChI=1S/C13H12N4O4/c1-8-10(7-14)13(16(2)15-8)21-12-5-4-9(20-3)6-11(12)17(18)19/h4-6H,1-3H3. The van der Waals surface area contributed by atoms with E-state index in [-0.39, 0.29) is 22.9 Å². The number of nitrogens with zero attached hydrogens (tertiary/aromatic N) is 4. The van der Waals surface area contributed by atoms with Crippen LogP contribution in [0.25, 0.3) is 0 Å². The molecule has 0 aliphatic heterocycles. The third kappa shape index (κ3) is 2.62. The second kappa shape index (κ2) is 5.50. The monoisotopic (exact) mass is 288 g/mol. The van der Waals surface area contributed by atoms with Gasteiger partial charge in [0.15, 0.2) is 0 Å². The lowest BCUT2D eigenvalue weighted by atomic mass is 10.2. The van der Waals surface area contributed by atoms with Crippen molar-refractivity contribution in [3.8, 4) is 23.4 Å². The fourth-order valence-corrected chi connectivity index (χ4v) is 1.84. The number of nitro groups is 1. The van der Waals surface area contributed by atoms with E-state index in [0.29, 0.717) is 11.4 Å². The summed E-state index contributed by atoms with van der Waals surface area (Å²) in [5.41, 5.74) is 0.478. The van der Waals surface area contributed by atoms with Crippen molar-refractivity contribution in [1.82, 2.24) is 9.78 Å². The maximum Gasteiger partial charge on any atom is 0.315 e. The van der Waals surface area contributed by atoms with E-state index in [2.05, 4.69) is 5.10 Å². The first-order chi connectivity index (χ1) is 9.97. The third-order valence-electron chi connectivity index (χ3n) is 2.85. The Morgan fingerprint density at radius 2 is 2.19 bits per heavy atom. The Bertz CT molecular complexity index is 745. The molecule has 2 aromatic rings. The van der Waals surface area contributed by atoms with Gasteiger partial charge in [-0.3, -0.25) is 10.1 Å². The lowest BCUT2D eigenvalue weighted by Gasteiger charge is -2.08. The van der Waals surface area contributed by atoms with Crippen LogP contribution in [0.2, 0.25) is 0 Å². The summed E-state index contributed by atoms with van der Waals surface area (Å²) in [5, 5.41) is 24.3. The topological polar surface area (TPSA) is 103 Å². The third-order valence-corrected chi connectivity index (χ3v) is 2.85. The second-order valence-corrected chi connectivity index (χ2v) is 4.19. The summed E-state index contributed by atoms with van der Waals surface area (Å²) < 4.78 is 11.8. The molecule has 0 unspecified atom stereocenters. The van der Waals surface area contributed by atoms with Crippen molar-refractivity contribution in [2.24, 2.45) is 7.05 Å². The van der Waals surface area contributed by atoms with Crippen molar-refractivity contribution in [1.29, 1.82) is 5.26 Å². The fraction of sp³-hybridized carbons (Fsp3) is 0.231. The van der Waals surface area contributed by atoms with Gasteiger partial charge in [-0.2, -0.15) is 10.4 Å². The van der Waals surface area contributed by atoms with Gasteiger partial charge in [0.25, 0.3) is 0 Å². The molecule has 0 saturated carbocycles. The zero-order chi connectivity index (χ0) is 15.6. The van der Waals surface area contributed by atoms with E-state index >= 15 is 0 Å². The average molecular weight is 288 g/mol. The Kier molecular flexibility index (Phi) is 3.75. The molecule has 0 atom stereocenters. The molecule has 0 N–H and O–H groups in total. The van der Waals surface area contributed by atoms with Gasteiger partial charge in [0.2, 0.25) is 11.6 Å². The van der Waals surface area contributed by atoms with Crippen LogP contribution in [-0.2, 0) is 7.05 Å². The van der Waals surface area contributed by atoms with Crippen LogP contribution >= 0.6 is 0 Å².